The lowest BCUT2D eigenvalue weighted by Crippen LogP contribution is -2.34. The summed E-state index contributed by atoms with van der Waals surface area (Å²) < 4.78 is 7.41. The van der Waals surface area contributed by atoms with Crippen LogP contribution in [0.25, 0.3) is 5.65 Å². The van der Waals surface area contributed by atoms with Gasteiger partial charge in [0.2, 0.25) is 5.91 Å². The van der Waals surface area contributed by atoms with Crippen molar-refractivity contribution in [2.75, 3.05) is 6.61 Å². The molecule has 0 aliphatic heterocycles. The standard InChI is InChI=1S/C15H21N3O2/c1-11(2)10-20-12(3)15(19)16-8-13-9-18-7-5-4-6-14(18)17-13/h4-7,9,11-12H,8,10H2,1-3H3,(H,16,19). The molecule has 0 spiro atoms. The van der Waals surface area contributed by atoms with E-state index in [0.717, 1.165) is 11.3 Å². The third-order valence-corrected chi connectivity index (χ3v) is 2.91. The van der Waals surface area contributed by atoms with E-state index in [4.69, 9.17) is 4.74 Å². The monoisotopic (exact) mass is 275 g/mol. The first-order valence-electron chi connectivity index (χ1n) is 6.88. The molecule has 0 aliphatic rings. The molecule has 0 bridgehead atoms. The van der Waals surface area contributed by atoms with Crippen molar-refractivity contribution in [1.82, 2.24) is 14.7 Å². The predicted molar refractivity (Wildman–Crippen MR) is 77.3 cm³/mol. The van der Waals surface area contributed by atoms with Gasteiger partial charge < -0.3 is 14.5 Å². The van der Waals surface area contributed by atoms with E-state index in [1.807, 2.05) is 35.0 Å². The maximum atomic E-state index is 11.9. The molecule has 108 valence electrons. The molecule has 0 aliphatic carbocycles. The fourth-order valence-electron chi connectivity index (χ4n) is 1.81. The van der Waals surface area contributed by atoms with Gasteiger partial charge in [0.1, 0.15) is 11.8 Å². The van der Waals surface area contributed by atoms with Crippen molar-refractivity contribution in [3.05, 3.63) is 36.3 Å². The Bertz CT molecular complexity index is 544. The molecule has 0 radical (unpaired) electrons. The van der Waals surface area contributed by atoms with Crippen LogP contribution in [0.15, 0.2) is 30.6 Å². The molecule has 1 N–H and O–H groups in total. The number of hydrogen-bond acceptors (Lipinski definition) is 3. The lowest BCUT2D eigenvalue weighted by Gasteiger charge is -2.14. The first-order valence-corrected chi connectivity index (χ1v) is 6.88. The van der Waals surface area contributed by atoms with Crippen molar-refractivity contribution in [2.45, 2.75) is 33.4 Å². The second-order valence-corrected chi connectivity index (χ2v) is 5.29. The summed E-state index contributed by atoms with van der Waals surface area (Å²) in [4.78, 5) is 16.3. The number of amides is 1. The van der Waals surface area contributed by atoms with Gasteiger partial charge in [0.25, 0.3) is 0 Å². The highest BCUT2D eigenvalue weighted by atomic mass is 16.5. The lowest BCUT2D eigenvalue weighted by molar-refractivity contribution is -0.132. The van der Waals surface area contributed by atoms with E-state index in [1.54, 1.807) is 6.92 Å². The first-order chi connectivity index (χ1) is 9.56. The Balaban J connectivity index is 1.86. The zero-order valence-corrected chi connectivity index (χ0v) is 12.2. The van der Waals surface area contributed by atoms with Crippen LogP contribution in [0.4, 0.5) is 0 Å². The maximum absolute atomic E-state index is 11.9. The Morgan fingerprint density at radius 3 is 2.90 bits per heavy atom. The highest BCUT2D eigenvalue weighted by molar-refractivity contribution is 5.80. The normalized spacial score (nSPS) is 12.8. The minimum Gasteiger partial charge on any atom is -0.368 e. The van der Waals surface area contributed by atoms with Gasteiger partial charge in [-0.05, 0) is 25.0 Å². The summed E-state index contributed by atoms with van der Waals surface area (Å²) in [6.07, 6.45) is 3.41. The SMILES string of the molecule is CC(C)COC(C)C(=O)NCc1cn2ccccc2n1. The van der Waals surface area contributed by atoms with Crippen LogP contribution in [0.3, 0.4) is 0 Å². The molecule has 2 aromatic rings. The number of pyridine rings is 1. The van der Waals surface area contributed by atoms with Crippen molar-refractivity contribution in [1.29, 1.82) is 0 Å². The van der Waals surface area contributed by atoms with E-state index >= 15 is 0 Å². The van der Waals surface area contributed by atoms with Gasteiger partial charge in [-0.2, -0.15) is 0 Å². The molecule has 20 heavy (non-hydrogen) atoms. The Labute approximate surface area is 119 Å². The van der Waals surface area contributed by atoms with E-state index in [1.165, 1.54) is 0 Å². The summed E-state index contributed by atoms with van der Waals surface area (Å²) in [5, 5.41) is 2.84. The number of imidazole rings is 1. The zero-order chi connectivity index (χ0) is 14.5. The zero-order valence-electron chi connectivity index (χ0n) is 12.2. The number of rotatable bonds is 6. The minimum absolute atomic E-state index is 0.109. The van der Waals surface area contributed by atoms with Crippen LogP contribution in [0.1, 0.15) is 26.5 Å². The summed E-state index contributed by atoms with van der Waals surface area (Å²) in [6, 6.07) is 5.81. The fourth-order valence-corrected chi connectivity index (χ4v) is 1.81. The van der Waals surface area contributed by atoms with Crippen molar-refractivity contribution >= 4 is 11.6 Å². The molecule has 1 atom stereocenters. The average molecular weight is 275 g/mol. The Morgan fingerprint density at radius 1 is 1.40 bits per heavy atom. The number of ether oxygens (including phenoxy) is 1. The second-order valence-electron chi connectivity index (χ2n) is 5.29. The number of carbonyl (C=O) groups is 1. The molecule has 1 unspecified atom stereocenters. The number of nitrogens with zero attached hydrogens (tertiary/aromatic N) is 2. The highest BCUT2D eigenvalue weighted by Crippen LogP contribution is 2.04. The smallest absolute Gasteiger partial charge is 0.249 e. The first kappa shape index (κ1) is 14.5. The van der Waals surface area contributed by atoms with Crippen LogP contribution in [0.5, 0.6) is 0 Å². The lowest BCUT2D eigenvalue weighted by atomic mass is 10.2. The van der Waals surface area contributed by atoms with Gasteiger partial charge in [-0.3, -0.25) is 4.79 Å². The third-order valence-electron chi connectivity index (χ3n) is 2.91. The van der Waals surface area contributed by atoms with Gasteiger partial charge in [-0.25, -0.2) is 4.98 Å². The summed E-state index contributed by atoms with van der Waals surface area (Å²) in [7, 11) is 0. The molecule has 2 rings (SSSR count). The summed E-state index contributed by atoms with van der Waals surface area (Å²) >= 11 is 0. The topological polar surface area (TPSA) is 55.6 Å². The Kier molecular flexibility index (Phi) is 4.74. The van der Waals surface area contributed by atoms with Crippen LogP contribution in [0.2, 0.25) is 0 Å². The Hall–Kier alpha value is -1.88. The van der Waals surface area contributed by atoms with Crippen LogP contribution < -0.4 is 5.32 Å². The van der Waals surface area contributed by atoms with Gasteiger partial charge in [0.05, 0.1) is 12.2 Å². The molecule has 0 saturated heterocycles. The van der Waals surface area contributed by atoms with E-state index in [0.29, 0.717) is 19.1 Å². The second kappa shape index (κ2) is 6.52. The largest absolute Gasteiger partial charge is 0.368 e. The molecule has 5 heteroatoms. The predicted octanol–water partition coefficient (Wildman–Crippen LogP) is 2.01. The maximum Gasteiger partial charge on any atom is 0.249 e. The summed E-state index contributed by atoms with van der Waals surface area (Å²) in [5.74, 6) is 0.311. The van der Waals surface area contributed by atoms with E-state index in [9.17, 15) is 4.79 Å². The van der Waals surface area contributed by atoms with E-state index < -0.39 is 6.10 Å². The summed E-state index contributed by atoms with van der Waals surface area (Å²) in [6.45, 7) is 6.88. The van der Waals surface area contributed by atoms with Crippen molar-refractivity contribution in [3.63, 3.8) is 0 Å². The summed E-state index contributed by atoms with van der Waals surface area (Å²) in [5.41, 5.74) is 1.71. The quantitative estimate of drug-likeness (QED) is 0.877. The molecular weight excluding hydrogens is 254 g/mol. The van der Waals surface area contributed by atoms with Gasteiger partial charge in [-0.1, -0.05) is 19.9 Å². The fraction of sp³-hybridized carbons (Fsp3) is 0.467. The molecule has 5 nitrogen and oxygen atoms in total. The van der Waals surface area contributed by atoms with Gasteiger partial charge in [-0.15, -0.1) is 0 Å². The Morgan fingerprint density at radius 2 is 2.20 bits per heavy atom. The van der Waals surface area contributed by atoms with Gasteiger partial charge >= 0.3 is 0 Å². The van der Waals surface area contributed by atoms with Gasteiger partial charge in [0.15, 0.2) is 0 Å². The third kappa shape index (κ3) is 3.81. The van der Waals surface area contributed by atoms with Crippen molar-refractivity contribution < 1.29 is 9.53 Å². The molecule has 0 aromatic carbocycles. The molecule has 0 fully saturated rings. The number of carbonyl (C=O) groups excluding carboxylic acids is 1. The number of aromatic nitrogens is 2. The van der Waals surface area contributed by atoms with Crippen LogP contribution in [0, 0.1) is 5.92 Å². The van der Waals surface area contributed by atoms with E-state index in [-0.39, 0.29) is 5.91 Å². The molecule has 1 amide bonds. The van der Waals surface area contributed by atoms with Gasteiger partial charge in [0, 0.05) is 19.0 Å². The molecule has 2 heterocycles. The highest BCUT2D eigenvalue weighted by Gasteiger charge is 2.14. The van der Waals surface area contributed by atoms with Crippen LogP contribution in [-0.4, -0.2) is 28.0 Å². The number of nitrogens with one attached hydrogen (secondary N) is 1. The minimum atomic E-state index is -0.436. The molecule has 2 aromatic heterocycles. The van der Waals surface area contributed by atoms with Crippen molar-refractivity contribution in [2.24, 2.45) is 5.92 Å². The van der Waals surface area contributed by atoms with E-state index in [2.05, 4.69) is 24.1 Å². The molecule has 0 saturated carbocycles. The molecular formula is C15H21N3O2. The van der Waals surface area contributed by atoms with Crippen LogP contribution >= 0.6 is 0 Å². The average Bonchev–Trinajstić information content (AvgIpc) is 2.84. The van der Waals surface area contributed by atoms with Crippen LogP contribution in [-0.2, 0) is 16.1 Å². The van der Waals surface area contributed by atoms with Crippen molar-refractivity contribution in [3.8, 4) is 0 Å². The number of hydrogen-bond donors (Lipinski definition) is 1. The number of fused-ring (bicyclic) bond motifs is 1.